The number of benzene rings is 2. The SMILES string of the molecule is Cc1cc(C)c2c(c1)[C@@H](Cc1ccccc1F)C(=O)N2. The maximum absolute atomic E-state index is 13.8. The van der Waals surface area contributed by atoms with Crippen molar-refractivity contribution >= 4 is 11.6 Å². The lowest BCUT2D eigenvalue weighted by molar-refractivity contribution is -0.117. The highest BCUT2D eigenvalue weighted by Crippen LogP contribution is 2.38. The molecule has 1 atom stereocenters. The van der Waals surface area contributed by atoms with Crippen LogP contribution >= 0.6 is 0 Å². The van der Waals surface area contributed by atoms with Crippen molar-refractivity contribution in [1.82, 2.24) is 0 Å². The van der Waals surface area contributed by atoms with Gasteiger partial charge in [-0.05, 0) is 43.0 Å². The van der Waals surface area contributed by atoms with E-state index in [9.17, 15) is 9.18 Å². The maximum Gasteiger partial charge on any atom is 0.232 e. The predicted molar refractivity (Wildman–Crippen MR) is 77.4 cm³/mol. The second kappa shape index (κ2) is 4.75. The van der Waals surface area contributed by atoms with Gasteiger partial charge in [0.2, 0.25) is 5.91 Å². The topological polar surface area (TPSA) is 29.1 Å². The second-order valence-corrected chi connectivity index (χ2v) is 5.38. The fourth-order valence-electron chi connectivity index (χ4n) is 2.88. The molecule has 1 aliphatic rings. The Hall–Kier alpha value is -2.16. The Labute approximate surface area is 117 Å². The van der Waals surface area contributed by atoms with E-state index < -0.39 is 0 Å². The van der Waals surface area contributed by atoms with Crippen LogP contribution in [0.25, 0.3) is 0 Å². The Morgan fingerprint density at radius 3 is 2.70 bits per heavy atom. The van der Waals surface area contributed by atoms with Gasteiger partial charge in [-0.2, -0.15) is 0 Å². The first-order valence-electron chi connectivity index (χ1n) is 6.71. The molecule has 0 spiro atoms. The van der Waals surface area contributed by atoms with Crippen LogP contribution in [0.1, 0.15) is 28.2 Å². The van der Waals surface area contributed by atoms with Gasteiger partial charge in [0.25, 0.3) is 0 Å². The van der Waals surface area contributed by atoms with Crippen molar-refractivity contribution in [1.29, 1.82) is 0 Å². The monoisotopic (exact) mass is 269 g/mol. The van der Waals surface area contributed by atoms with Gasteiger partial charge in [-0.25, -0.2) is 4.39 Å². The zero-order valence-corrected chi connectivity index (χ0v) is 11.5. The minimum absolute atomic E-state index is 0.0445. The standard InChI is InChI=1S/C17H16FNO/c1-10-7-11(2)16-13(8-10)14(17(20)19-16)9-12-5-3-4-6-15(12)18/h3-8,14H,9H2,1-2H3,(H,19,20)/t14-/m1/s1. The molecule has 2 aromatic carbocycles. The van der Waals surface area contributed by atoms with Crippen molar-refractivity contribution in [3.8, 4) is 0 Å². The molecule has 0 unspecified atom stereocenters. The molecule has 0 radical (unpaired) electrons. The first kappa shape index (κ1) is 12.9. The van der Waals surface area contributed by atoms with Crippen LogP contribution in [0.15, 0.2) is 36.4 Å². The fraction of sp³-hybridized carbons (Fsp3) is 0.235. The van der Waals surface area contributed by atoms with E-state index in [0.29, 0.717) is 12.0 Å². The van der Waals surface area contributed by atoms with Gasteiger partial charge in [-0.3, -0.25) is 4.79 Å². The summed E-state index contributed by atoms with van der Waals surface area (Å²) in [6.45, 7) is 3.99. The molecule has 0 saturated carbocycles. The van der Waals surface area contributed by atoms with Gasteiger partial charge in [0.15, 0.2) is 0 Å². The third kappa shape index (κ3) is 2.09. The van der Waals surface area contributed by atoms with Crippen molar-refractivity contribution in [2.75, 3.05) is 5.32 Å². The Morgan fingerprint density at radius 2 is 1.95 bits per heavy atom. The summed E-state index contributed by atoms with van der Waals surface area (Å²) in [5.41, 5.74) is 4.64. The van der Waals surface area contributed by atoms with Crippen molar-refractivity contribution in [3.63, 3.8) is 0 Å². The maximum atomic E-state index is 13.8. The normalized spacial score (nSPS) is 16.9. The number of rotatable bonds is 2. The largest absolute Gasteiger partial charge is 0.325 e. The minimum Gasteiger partial charge on any atom is -0.325 e. The zero-order valence-electron chi connectivity index (χ0n) is 11.5. The van der Waals surface area contributed by atoms with Gasteiger partial charge in [0.1, 0.15) is 5.82 Å². The van der Waals surface area contributed by atoms with Crippen LogP contribution in [0.5, 0.6) is 0 Å². The lowest BCUT2D eigenvalue weighted by atomic mass is 9.91. The number of carbonyl (C=O) groups excluding carboxylic acids is 1. The Bertz CT molecular complexity index is 693. The smallest absolute Gasteiger partial charge is 0.232 e. The number of nitrogens with one attached hydrogen (secondary N) is 1. The quantitative estimate of drug-likeness (QED) is 0.884. The number of aryl methyl sites for hydroxylation is 2. The third-order valence-corrected chi connectivity index (χ3v) is 3.83. The van der Waals surface area contributed by atoms with E-state index in [1.165, 1.54) is 6.07 Å². The molecule has 1 heterocycles. The summed E-state index contributed by atoms with van der Waals surface area (Å²) in [5.74, 6) is -0.601. The molecule has 2 nitrogen and oxygen atoms in total. The number of hydrogen-bond acceptors (Lipinski definition) is 1. The number of hydrogen-bond donors (Lipinski definition) is 1. The number of anilines is 1. The van der Waals surface area contributed by atoms with E-state index in [1.54, 1.807) is 18.2 Å². The number of fused-ring (bicyclic) bond motifs is 1. The van der Waals surface area contributed by atoms with Gasteiger partial charge >= 0.3 is 0 Å². The summed E-state index contributed by atoms with van der Waals surface area (Å²) in [5, 5.41) is 2.92. The van der Waals surface area contributed by atoms with E-state index in [2.05, 4.69) is 5.32 Å². The van der Waals surface area contributed by atoms with Crippen LogP contribution in [0.2, 0.25) is 0 Å². The van der Waals surface area contributed by atoms with Crippen molar-refractivity contribution in [2.45, 2.75) is 26.2 Å². The average molecular weight is 269 g/mol. The number of carbonyl (C=O) groups is 1. The molecule has 0 aromatic heterocycles. The van der Waals surface area contributed by atoms with Crippen molar-refractivity contribution in [3.05, 3.63) is 64.5 Å². The van der Waals surface area contributed by atoms with Gasteiger partial charge in [0.05, 0.1) is 5.92 Å². The molecule has 20 heavy (non-hydrogen) atoms. The molecule has 1 amide bonds. The summed E-state index contributed by atoms with van der Waals surface area (Å²) in [7, 11) is 0. The number of halogens is 1. The van der Waals surface area contributed by atoms with Crippen LogP contribution in [0.4, 0.5) is 10.1 Å². The molecule has 3 heteroatoms. The van der Waals surface area contributed by atoms with Crippen LogP contribution < -0.4 is 5.32 Å². The zero-order chi connectivity index (χ0) is 14.3. The number of amides is 1. The molecule has 0 saturated heterocycles. The Kier molecular flexibility index (Phi) is 3.05. The van der Waals surface area contributed by atoms with E-state index in [-0.39, 0.29) is 17.6 Å². The minimum atomic E-state index is -0.305. The molecule has 1 N–H and O–H groups in total. The molecule has 2 aromatic rings. The lowest BCUT2D eigenvalue weighted by Gasteiger charge is -2.11. The van der Waals surface area contributed by atoms with Crippen LogP contribution in [0, 0.1) is 19.7 Å². The first-order chi connectivity index (χ1) is 9.56. The molecule has 0 bridgehead atoms. The molecular weight excluding hydrogens is 253 g/mol. The van der Waals surface area contributed by atoms with E-state index >= 15 is 0 Å². The summed E-state index contributed by atoms with van der Waals surface area (Å²) < 4.78 is 13.8. The second-order valence-electron chi connectivity index (χ2n) is 5.38. The highest BCUT2D eigenvalue weighted by Gasteiger charge is 2.32. The summed E-state index contributed by atoms with van der Waals surface area (Å²) >= 11 is 0. The third-order valence-electron chi connectivity index (χ3n) is 3.83. The van der Waals surface area contributed by atoms with Crippen LogP contribution in [-0.4, -0.2) is 5.91 Å². The summed E-state index contributed by atoms with van der Waals surface area (Å²) in [6.07, 6.45) is 0.397. The average Bonchev–Trinajstić information content (AvgIpc) is 2.70. The van der Waals surface area contributed by atoms with Gasteiger partial charge < -0.3 is 5.32 Å². The van der Waals surface area contributed by atoms with Crippen molar-refractivity contribution < 1.29 is 9.18 Å². The van der Waals surface area contributed by atoms with Gasteiger partial charge in [-0.1, -0.05) is 35.9 Å². The van der Waals surface area contributed by atoms with Crippen LogP contribution in [-0.2, 0) is 11.2 Å². The summed E-state index contributed by atoms with van der Waals surface area (Å²) in [4.78, 5) is 12.2. The van der Waals surface area contributed by atoms with Crippen LogP contribution in [0.3, 0.4) is 0 Å². The molecule has 102 valence electrons. The molecule has 0 aliphatic carbocycles. The molecule has 1 aliphatic heterocycles. The van der Waals surface area contributed by atoms with E-state index in [0.717, 1.165) is 22.4 Å². The fourth-order valence-corrected chi connectivity index (χ4v) is 2.88. The molecule has 0 fully saturated rings. The highest BCUT2D eigenvalue weighted by molar-refractivity contribution is 6.04. The summed E-state index contributed by atoms with van der Waals surface area (Å²) in [6, 6.07) is 10.7. The van der Waals surface area contributed by atoms with Gasteiger partial charge in [-0.15, -0.1) is 0 Å². The Morgan fingerprint density at radius 1 is 1.20 bits per heavy atom. The van der Waals surface area contributed by atoms with Crippen molar-refractivity contribution in [2.24, 2.45) is 0 Å². The Balaban J connectivity index is 2.01. The predicted octanol–water partition coefficient (Wildman–Crippen LogP) is 3.72. The van der Waals surface area contributed by atoms with E-state index in [1.807, 2.05) is 26.0 Å². The molecular formula is C17H16FNO. The van der Waals surface area contributed by atoms with Gasteiger partial charge in [0, 0.05) is 5.69 Å². The molecule has 3 rings (SSSR count). The highest BCUT2D eigenvalue weighted by atomic mass is 19.1. The lowest BCUT2D eigenvalue weighted by Crippen LogP contribution is -2.15. The van der Waals surface area contributed by atoms with E-state index in [4.69, 9.17) is 0 Å². The first-order valence-corrected chi connectivity index (χ1v) is 6.71.